The summed E-state index contributed by atoms with van der Waals surface area (Å²) in [7, 11) is 1.69. The second kappa shape index (κ2) is 7.77. The van der Waals surface area contributed by atoms with Crippen LogP contribution in [0, 0.1) is 0 Å². The Bertz CT molecular complexity index is 665. The van der Waals surface area contributed by atoms with Gasteiger partial charge in [0.2, 0.25) is 5.91 Å². The monoisotopic (exact) mass is 334 g/mol. The molecule has 0 spiro atoms. The molecule has 1 N–H and O–H groups in total. The van der Waals surface area contributed by atoms with Crippen molar-refractivity contribution in [3.05, 3.63) is 29.1 Å². The van der Waals surface area contributed by atoms with E-state index in [0.29, 0.717) is 6.61 Å². The largest absolute Gasteiger partial charge is 0.496 e. The van der Waals surface area contributed by atoms with E-state index >= 15 is 0 Å². The highest BCUT2D eigenvalue weighted by Gasteiger charge is 2.16. The minimum Gasteiger partial charge on any atom is -0.496 e. The van der Waals surface area contributed by atoms with Crippen molar-refractivity contribution in [3.8, 4) is 5.75 Å². The van der Waals surface area contributed by atoms with Crippen LogP contribution in [-0.4, -0.2) is 57.3 Å². The van der Waals surface area contributed by atoms with Gasteiger partial charge in [-0.05, 0) is 40.9 Å². The predicted molar refractivity (Wildman–Crippen MR) is 92.3 cm³/mol. The Morgan fingerprint density at radius 3 is 2.96 bits per heavy atom. The van der Waals surface area contributed by atoms with Crippen molar-refractivity contribution < 1.29 is 14.3 Å². The number of carbonyl (C=O) groups excluding carboxylic acids is 1. The van der Waals surface area contributed by atoms with E-state index in [9.17, 15) is 4.79 Å². The van der Waals surface area contributed by atoms with Crippen LogP contribution in [0.15, 0.2) is 23.6 Å². The van der Waals surface area contributed by atoms with Crippen LogP contribution >= 0.6 is 11.3 Å². The lowest BCUT2D eigenvalue weighted by Crippen LogP contribution is -2.47. The zero-order valence-corrected chi connectivity index (χ0v) is 14.2. The average Bonchev–Trinajstić information content (AvgIpc) is 3.05. The smallest absolute Gasteiger partial charge is 0.248 e. The maximum Gasteiger partial charge on any atom is 0.248 e. The molecular weight excluding hydrogens is 312 g/mol. The van der Waals surface area contributed by atoms with Gasteiger partial charge in [-0.1, -0.05) is 0 Å². The molecule has 1 fully saturated rings. The maximum absolute atomic E-state index is 12.0. The van der Waals surface area contributed by atoms with E-state index in [4.69, 9.17) is 9.47 Å². The summed E-state index contributed by atoms with van der Waals surface area (Å²) >= 11 is 1.71. The Hall–Kier alpha value is -1.63. The van der Waals surface area contributed by atoms with Crippen molar-refractivity contribution >= 4 is 27.3 Å². The predicted octanol–water partition coefficient (Wildman–Crippen LogP) is 1.90. The molecule has 0 aliphatic carbocycles. The van der Waals surface area contributed by atoms with Crippen molar-refractivity contribution in [3.63, 3.8) is 0 Å². The molecule has 1 aromatic heterocycles. The Morgan fingerprint density at radius 1 is 1.35 bits per heavy atom. The van der Waals surface area contributed by atoms with Gasteiger partial charge in [0.05, 0.1) is 13.7 Å². The number of thiophene rings is 1. The first-order valence-electron chi connectivity index (χ1n) is 7.88. The molecular formula is C17H22N2O3S. The average molecular weight is 334 g/mol. The SMILES string of the molecule is COc1cc2sccc2cc1CCOCC(=O)N1CCNCC1. The van der Waals surface area contributed by atoms with Gasteiger partial charge in [0.1, 0.15) is 12.4 Å². The summed E-state index contributed by atoms with van der Waals surface area (Å²) in [6.45, 7) is 3.94. The molecule has 0 radical (unpaired) electrons. The van der Waals surface area contributed by atoms with E-state index in [-0.39, 0.29) is 12.5 Å². The number of benzene rings is 1. The van der Waals surface area contributed by atoms with Gasteiger partial charge in [-0.2, -0.15) is 0 Å². The van der Waals surface area contributed by atoms with E-state index in [1.54, 1.807) is 18.4 Å². The normalized spacial score (nSPS) is 15.1. The fraction of sp³-hybridized carbons (Fsp3) is 0.471. The van der Waals surface area contributed by atoms with E-state index in [1.165, 1.54) is 10.1 Å². The van der Waals surface area contributed by atoms with Crippen molar-refractivity contribution in [1.29, 1.82) is 0 Å². The molecule has 2 aromatic rings. The molecule has 0 saturated carbocycles. The molecule has 5 nitrogen and oxygen atoms in total. The molecule has 23 heavy (non-hydrogen) atoms. The van der Waals surface area contributed by atoms with E-state index in [1.807, 2.05) is 4.90 Å². The Labute approximate surface area is 140 Å². The van der Waals surface area contributed by atoms with Gasteiger partial charge in [0, 0.05) is 30.9 Å². The van der Waals surface area contributed by atoms with Gasteiger partial charge >= 0.3 is 0 Å². The molecule has 2 heterocycles. The lowest BCUT2D eigenvalue weighted by atomic mass is 10.1. The number of hydrogen-bond acceptors (Lipinski definition) is 5. The molecule has 124 valence electrons. The molecule has 6 heteroatoms. The zero-order chi connectivity index (χ0) is 16.1. The van der Waals surface area contributed by atoms with Crippen molar-refractivity contribution in [2.75, 3.05) is 46.5 Å². The van der Waals surface area contributed by atoms with Gasteiger partial charge in [0.15, 0.2) is 0 Å². The van der Waals surface area contributed by atoms with Gasteiger partial charge in [-0.15, -0.1) is 11.3 Å². The van der Waals surface area contributed by atoms with Crippen LogP contribution in [0.3, 0.4) is 0 Å². The third kappa shape index (κ3) is 4.02. The standard InChI is InChI=1S/C17H22N2O3S/c1-21-15-11-16-14(3-9-23-16)10-13(15)2-8-22-12-17(20)19-6-4-18-5-7-19/h3,9-11,18H,2,4-8,12H2,1H3. The number of nitrogens with zero attached hydrogens (tertiary/aromatic N) is 1. The molecule has 0 bridgehead atoms. The van der Waals surface area contributed by atoms with Crippen LogP contribution in [-0.2, 0) is 16.0 Å². The number of nitrogens with one attached hydrogen (secondary N) is 1. The summed E-state index contributed by atoms with van der Waals surface area (Å²) in [5.41, 5.74) is 1.12. The highest BCUT2D eigenvalue weighted by atomic mass is 32.1. The third-order valence-electron chi connectivity index (χ3n) is 4.07. The highest BCUT2D eigenvalue weighted by molar-refractivity contribution is 7.17. The number of rotatable bonds is 6. The summed E-state index contributed by atoms with van der Waals surface area (Å²) in [6.07, 6.45) is 0.740. The lowest BCUT2D eigenvalue weighted by molar-refractivity contribution is -0.136. The topological polar surface area (TPSA) is 50.8 Å². The highest BCUT2D eigenvalue weighted by Crippen LogP contribution is 2.29. The minimum absolute atomic E-state index is 0.0757. The third-order valence-corrected chi connectivity index (χ3v) is 4.95. The van der Waals surface area contributed by atoms with Crippen molar-refractivity contribution in [2.45, 2.75) is 6.42 Å². The van der Waals surface area contributed by atoms with Crippen LogP contribution in [0.5, 0.6) is 5.75 Å². The quantitative estimate of drug-likeness (QED) is 0.820. The molecule has 1 amide bonds. The van der Waals surface area contributed by atoms with Crippen LogP contribution in [0.1, 0.15) is 5.56 Å². The number of fused-ring (bicyclic) bond motifs is 1. The number of carbonyl (C=O) groups is 1. The summed E-state index contributed by atoms with van der Waals surface area (Å²) in [5.74, 6) is 0.962. The second-order valence-corrected chi connectivity index (χ2v) is 6.50. The number of hydrogen-bond donors (Lipinski definition) is 1. The first-order valence-corrected chi connectivity index (χ1v) is 8.76. The van der Waals surface area contributed by atoms with E-state index in [2.05, 4.69) is 28.9 Å². The summed E-state index contributed by atoms with van der Waals surface area (Å²) in [6, 6.07) is 6.32. The van der Waals surface area contributed by atoms with Crippen molar-refractivity contribution in [1.82, 2.24) is 10.2 Å². The zero-order valence-electron chi connectivity index (χ0n) is 13.3. The first-order chi connectivity index (χ1) is 11.3. The number of piperazine rings is 1. The fourth-order valence-electron chi connectivity index (χ4n) is 2.77. The van der Waals surface area contributed by atoms with Crippen LogP contribution < -0.4 is 10.1 Å². The van der Waals surface area contributed by atoms with Gasteiger partial charge in [-0.25, -0.2) is 0 Å². The molecule has 1 aliphatic rings. The van der Waals surface area contributed by atoms with Gasteiger partial charge < -0.3 is 19.7 Å². The fourth-order valence-corrected chi connectivity index (χ4v) is 3.57. The lowest BCUT2D eigenvalue weighted by Gasteiger charge is -2.27. The molecule has 1 saturated heterocycles. The number of amides is 1. The molecule has 0 atom stereocenters. The van der Waals surface area contributed by atoms with E-state index < -0.39 is 0 Å². The van der Waals surface area contributed by atoms with Crippen LogP contribution in [0.25, 0.3) is 10.1 Å². The number of ether oxygens (including phenoxy) is 2. The van der Waals surface area contributed by atoms with Gasteiger partial charge in [0.25, 0.3) is 0 Å². The first kappa shape index (κ1) is 16.2. The summed E-state index contributed by atoms with van der Waals surface area (Å²) in [4.78, 5) is 13.9. The molecule has 0 unspecified atom stereocenters. The van der Waals surface area contributed by atoms with Gasteiger partial charge in [-0.3, -0.25) is 4.79 Å². The minimum atomic E-state index is 0.0757. The Morgan fingerprint density at radius 2 is 2.17 bits per heavy atom. The van der Waals surface area contributed by atoms with E-state index in [0.717, 1.165) is 43.9 Å². The molecule has 1 aromatic carbocycles. The Balaban J connectivity index is 1.51. The molecule has 1 aliphatic heterocycles. The van der Waals surface area contributed by atoms with Crippen molar-refractivity contribution in [2.24, 2.45) is 0 Å². The second-order valence-electron chi connectivity index (χ2n) is 5.56. The Kier molecular flexibility index (Phi) is 5.48. The molecule has 3 rings (SSSR count). The summed E-state index contributed by atoms with van der Waals surface area (Å²) in [5, 5.41) is 6.54. The summed E-state index contributed by atoms with van der Waals surface area (Å²) < 4.78 is 12.3. The van der Waals surface area contributed by atoms with Crippen LogP contribution in [0.4, 0.5) is 0 Å². The maximum atomic E-state index is 12.0. The van der Waals surface area contributed by atoms with Crippen LogP contribution in [0.2, 0.25) is 0 Å². The number of methoxy groups -OCH3 is 1.